The molecule has 0 saturated carbocycles. The predicted octanol–water partition coefficient (Wildman–Crippen LogP) is 0.200. The van der Waals surface area contributed by atoms with Crippen molar-refractivity contribution in [2.24, 2.45) is 0 Å². The van der Waals surface area contributed by atoms with Gasteiger partial charge in [0.1, 0.15) is 0 Å². The van der Waals surface area contributed by atoms with Gasteiger partial charge in [0.05, 0.1) is 20.1 Å². The fraction of sp³-hybridized carbons (Fsp3) is 0.357. The third-order valence-electron chi connectivity index (χ3n) is 2.76. The van der Waals surface area contributed by atoms with Gasteiger partial charge in [-0.2, -0.15) is 15.0 Å². The lowest BCUT2D eigenvalue weighted by atomic mass is 10.2. The monoisotopic (exact) mass is 302 g/mol. The second-order valence-corrected chi connectivity index (χ2v) is 4.75. The third-order valence-corrected chi connectivity index (χ3v) is 2.76. The van der Waals surface area contributed by atoms with Crippen molar-refractivity contribution in [3.8, 4) is 6.01 Å². The topological polar surface area (TPSA) is 93.1 Å². The molecule has 2 rings (SSSR count). The summed E-state index contributed by atoms with van der Waals surface area (Å²) in [6.07, 6.45) is 3.59. The molecular formula is C14H18N6O2. The van der Waals surface area contributed by atoms with Crippen LogP contribution in [0.25, 0.3) is 0 Å². The van der Waals surface area contributed by atoms with Crippen LogP contribution < -0.4 is 15.0 Å². The summed E-state index contributed by atoms with van der Waals surface area (Å²) in [5.74, 6) is 0.789. The highest BCUT2D eigenvalue weighted by Crippen LogP contribution is 2.09. The zero-order valence-corrected chi connectivity index (χ0v) is 12.8. The Labute approximate surface area is 128 Å². The van der Waals surface area contributed by atoms with E-state index >= 15 is 0 Å². The summed E-state index contributed by atoms with van der Waals surface area (Å²) in [7, 11) is 5.12. The maximum atomic E-state index is 11.9. The zero-order valence-electron chi connectivity index (χ0n) is 12.8. The number of ether oxygens (including phenoxy) is 1. The first kappa shape index (κ1) is 15.6. The average molecular weight is 302 g/mol. The standard InChI is InChI=1S/C14H18N6O2/c1-20(2)13-17-11(18-14(19-13)22-3)9-16-12(21)7-10-5-4-6-15-8-10/h4-6,8H,7,9H2,1-3H3,(H,16,21). The fourth-order valence-corrected chi connectivity index (χ4v) is 1.68. The van der Waals surface area contributed by atoms with Crippen LogP contribution >= 0.6 is 0 Å². The SMILES string of the molecule is COc1nc(CNC(=O)Cc2cccnc2)nc(N(C)C)n1. The summed E-state index contributed by atoms with van der Waals surface area (Å²) in [5, 5.41) is 2.77. The molecule has 116 valence electrons. The summed E-state index contributed by atoms with van der Waals surface area (Å²) < 4.78 is 5.04. The van der Waals surface area contributed by atoms with Gasteiger partial charge in [0.15, 0.2) is 5.82 Å². The molecule has 0 aliphatic rings. The van der Waals surface area contributed by atoms with Crippen LogP contribution in [0.15, 0.2) is 24.5 Å². The Bertz CT molecular complexity index is 632. The number of amides is 1. The van der Waals surface area contributed by atoms with E-state index in [-0.39, 0.29) is 24.9 Å². The molecule has 0 radical (unpaired) electrons. The number of carbonyl (C=O) groups excluding carboxylic acids is 1. The van der Waals surface area contributed by atoms with Crippen LogP contribution in [0.5, 0.6) is 6.01 Å². The van der Waals surface area contributed by atoms with Crippen molar-refractivity contribution >= 4 is 11.9 Å². The zero-order chi connectivity index (χ0) is 15.9. The molecule has 0 aromatic carbocycles. The molecule has 0 bridgehead atoms. The number of aromatic nitrogens is 4. The maximum Gasteiger partial charge on any atom is 0.321 e. The van der Waals surface area contributed by atoms with E-state index in [1.807, 2.05) is 20.2 Å². The number of hydrogen-bond acceptors (Lipinski definition) is 7. The minimum atomic E-state index is -0.126. The number of carbonyl (C=O) groups is 1. The normalized spacial score (nSPS) is 10.1. The summed E-state index contributed by atoms with van der Waals surface area (Å²) >= 11 is 0. The van der Waals surface area contributed by atoms with E-state index in [4.69, 9.17) is 4.74 Å². The van der Waals surface area contributed by atoms with Gasteiger partial charge in [0.25, 0.3) is 0 Å². The number of hydrogen-bond donors (Lipinski definition) is 1. The molecule has 22 heavy (non-hydrogen) atoms. The molecule has 8 nitrogen and oxygen atoms in total. The van der Waals surface area contributed by atoms with Crippen molar-refractivity contribution in [3.63, 3.8) is 0 Å². The molecule has 0 aliphatic heterocycles. The smallest absolute Gasteiger partial charge is 0.321 e. The second-order valence-electron chi connectivity index (χ2n) is 4.75. The summed E-state index contributed by atoms with van der Waals surface area (Å²) in [5.41, 5.74) is 0.849. The van der Waals surface area contributed by atoms with E-state index in [9.17, 15) is 4.79 Å². The van der Waals surface area contributed by atoms with E-state index in [1.54, 1.807) is 23.4 Å². The summed E-state index contributed by atoms with van der Waals surface area (Å²) in [4.78, 5) is 30.1. The van der Waals surface area contributed by atoms with Gasteiger partial charge in [-0.1, -0.05) is 6.07 Å². The van der Waals surface area contributed by atoms with Crippen LogP contribution in [0.2, 0.25) is 0 Å². The van der Waals surface area contributed by atoms with Gasteiger partial charge in [-0.15, -0.1) is 0 Å². The van der Waals surface area contributed by atoms with Gasteiger partial charge >= 0.3 is 6.01 Å². The lowest BCUT2D eigenvalue weighted by Crippen LogP contribution is -2.26. The van der Waals surface area contributed by atoms with Crippen molar-refractivity contribution in [2.75, 3.05) is 26.1 Å². The maximum absolute atomic E-state index is 11.9. The van der Waals surface area contributed by atoms with Crippen LogP contribution in [-0.2, 0) is 17.8 Å². The Hall–Kier alpha value is -2.77. The molecule has 1 N–H and O–H groups in total. The molecule has 1 amide bonds. The minimum Gasteiger partial charge on any atom is -0.467 e. The molecule has 0 atom stereocenters. The Morgan fingerprint density at radius 3 is 2.77 bits per heavy atom. The summed E-state index contributed by atoms with van der Waals surface area (Å²) in [6, 6.07) is 3.86. The number of nitrogens with zero attached hydrogens (tertiary/aromatic N) is 5. The fourth-order valence-electron chi connectivity index (χ4n) is 1.68. The van der Waals surface area contributed by atoms with E-state index in [1.165, 1.54) is 7.11 Å². The molecule has 0 saturated heterocycles. The highest BCUT2D eigenvalue weighted by Gasteiger charge is 2.10. The highest BCUT2D eigenvalue weighted by atomic mass is 16.5. The first-order chi connectivity index (χ1) is 10.6. The van der Waals surface area contributed by atoms with E-state index in [0.29, 0.717) is 11.8 Å². The number of nitrogens with one attached hydrogen (secondary N) is 1. The van der Waals surface area contributed by atoms with Gasteiger partial charge in [-0.3, -0.25) is 9.78 Å². The molecule has 0 unspecified atom stereocenters. The van der Waals surface area contributed by atoms with E-state index < -0.39 is 0 Å². The van der Waals surface area contributed by atoms with Gasteiger partial charge in [0, 0.05) is 26.5 Å². The lowest BCUT2D eigenvalue weighted by molar-refractivity contribution is -0.120. The first-order valence-corrected chi connectivity index (χ1v) is 6.70. The minimum absolute atomic E-state index is 0.126. The van der Waals surface area contributed by atoms with Crippen LogP contribution in [0.4, 0.5) is 5.95 Å². The highest BCUT2D eigenvalue weighted by molar-refractivity contribution is 5.78. The Morgan fingerprint density at radius 2 is 2.14 bits per heavy atom. The molecule has 2 heterocycles. The molecule has 2 aromatic heterocycles. The summed E-state index contributed by atoms with van der Waals surface area (Å²) in [6.45, 7) is 0.207. The molecule has 0 aliphatic carbocycles. The van der Waals surface area contributed by atoms with Crippen molar-refractivity contribution in [1.29, 1.82) is 0 Å². The van der Waals surface area contributed by atoms with Crippen molar-refractivity contribution < 1.29 is 9.53 Å². The van der Waals surface area contributed by atoms with Crippen molar-refractivity contribution in [3.05, 3.63) is 35.9 Å². The Balaban J connectivity index is 1.98. The van der Waals surface area contributed by atoms with Crippen molar-refractivity contribution in [1.82, 2.24) is 25.3 Å². The van der Waals surface area contributed by atoms with Crippen LogP contribution in [0.3, 0.4) is 0 Å². The third kappa shape index (κ3) is 4.37. The Kier molecular flexibility index (Phi) is 5.18. The van der Waals surface area contributed by atoms with Gasteiger partial charge in [0.2, 0.25) is 11.9 Å². The molecule has 0 spiro atoms. The van der Waals surface area contributed by atoms with Gasteiger partial charge < -0.3 is 15.0 Å². The van der Waals surface area contributed by atoms with Gasteiger partial charge in [-0.25, -0.2) is 0 Å². The average Bonchev–Trinajstić information content (AvgIpc) is 2.53. The van der Waals surface area contributed by atoms with Crippen LogP contribution in [-0.4, -0.2) is 47.0 Å². The number of methoxy groups -OCH3 is 1. The quantitative estimate of drug-likeness (QED) is 0.814. The number of rotatable bonds is 6. The second kappa shape index (κ2) is 7.30. The molecule has 8 heteroatoms. The predicted molar refractivity (Wildman–Crippen MR) is 80.5 cm³/mol. The van der Waals surface area contributed by atoms with Crippen LogP contribution in [0, 0.1) is 0 Å². The molecule has 2 aromatic rings. The van der Waals surface area contributed by atoms with E-state index in [2.05, 4.69) is 25.3 Å². The number of pyridine rings is 1. The first-order valence-electron chi connectivity index (χ1n) is 6.70. The largest absolute Gasteiger partial charge is 0.467 e. The van der Waals surface area contributed by atoms with Gasteiger partial charge in [-0.05, 0) is 11.6 Å². The lowest BCUT2D eigenvalue weighted by Gasteiger charge is -2.12. The molecular weight excluding hydrogens is 284 g/mol. The Morgan fingerprint density at radius 1 is 1.32 bits per heavy atom. The van der Waals surface area contributed by atoms with Crippen LogP contribution in [0.1, 0.15) is 11.4 Å². The van der Waals surface area contributed by atoms with E-state index in [0.717, 1.165) is 5.56 Å². The molecule has 0 fully saturated rings. The number of anilines is 1. The van der Waals surface area contributed by atoms with Crippen molar-refractivity contribution in [2.45, 2.75) is 13.0 Å².